The number of nitrogens with one attached hydrogen (secondary N) is 2. The van der Waals surface area contributed by atoms with E-state index in [1.165, 1.54) is 12.1 Å². The van der Waals surface area contributed by atoms with E-state index in [9.17, 15) is 4.39 Å². The van der Waals surface area contributed by atoms with Crippen molar-refractivity contribution >= 4 is 40.9 Å². The average Bonchev–Trinajstić information content (AvgIpc) is 3.28. The van der Waals surface area contributed by atoms with Crippen molar-refractivity contribution in [2.45, 2.75) is 39.3 Å². The number of aryl methyl sites for hydroxylation is 1. The molecular formula is C20H29FIN3O3. The summed E-state index contributed by atoms with van der Waals surface area (Å²) in [5.41, 5.74) is 1.61. The van der Waals surface area contributed by atoms with Crippen LogP contribution < -0.4 is 10.6 Å². The second-order valence-corrected chi connectivity index (χ2v) is 6.62. The molecule has 0 amide bonds. The molecule has 1 aromatic heterocycles. The van der Waals surface area contributed by atoms with Gasteiger partial charge in [0.25, 0.3) is 0 Å². The van der Waals surface area contributed by atoms with Crippen LogP contribution in [0.5, 0.6) is 0 Å². The predicted molar refractivity (Wildman–Crippen MR) is 119 cm³/mol. The fraction of sp³-hybridized carbons (Fsp3) is 0.550. The van der Waals surface area contributed by atoms with Crippen molar-refractivity contribution in [3.63, 3.8) is 0 Å². The van der Waals surface area contributed by atoms with E-state index < -0.39 is 0 Å². The average molecular weight is 505 g/mol. The molecule has 2 N–H and O–H groups in total. The van der Waals surface area contributed by atoms with Crippen molar-refractivity contribution < 1.29 is 18.3 Å². The van der Waals surface area contributed by atoms with Gasteiger partial charge in [-0.05, 0) is 44.9 Å². The number of guanidine groups is 1. The third-order valence-corrected chi connectivity index (χ3v) is 4.58. The number of nitrogens with zero attached hydrogens (tertiary/aromatic N) is 1. The number of aliphatic imine (C=N–C) groups is 1. The van der Waals surface area contributed by atoms with Gasteiger partial charge in [-0.3, -0.25) is 0 Å². The van der Waals surface area contributed by atoms with Crippen molar-refractivity contribution in [3.05, 3.63) is 35.3 Å². The molecule has 156 valence electrons. The third-order valence-electron chi connectivity index (χ3n) is 4.58. The van der Waals surface area contributed by atoms with E-state index in [0.717, 1.165) is 55.2 Å². The van der Waals surface area contributed by atoms with Gasteiger partial charge in [0, 0.05) is 37.3 Å². The van der Waals surface area contributed by atoms with E-state index >= 15 is 0 Å². The van der Waals surface area contributed by atoms with Gasteiger partial charge < -0.3 is 24.5 Å². The summed E-state index contributed by atoms with van der Waals surface area (Å²) in [7, 11) is 0. The van der Waals surface area contributed by atoms with Gasteiger partial charge in [0.1, 0.15) is 23.7 Å². The lowest BCUT2D eigenvalue weighted by Gasteiger charge is -2.12. The predicted octanol–water partition coefficient (Wildman–Crippen LogP) is 3.75. The molecule has 2 aromatic rings. The van der Waals surface area contributed by atoms with Crippen LogP contribution in [0.1, 0.15) is 31.1 Å². The van der Waals surface area contributed by atoms with Crippen LogP contribution >= 0.6 is 24.0 Å². The molecule has 6 nitrogen and oxygen atoms in total. The first-order valence-electron chi connectivity index (χ1n) is 9.56. The number of furan rings is 1. The topological polar surface area (TPSA) is 68.0 Å². The molecule has 8 heteroatoms. The third kappa shape index (κ3) is 6.31. The first-order valence-corrected chi connectivity index (χ1v) is 9.56. The minimum atomic E-state index is -0.261. The molecule has 1 atom stereocenters. The van der Waals surface area contributed by atoms with Crippen LogP contribution in [0.2, 0.25) is 0 Å². The van der Waals surface area contributed by atoms with Gasteiger partial charge in [0.05, 0.1) is 12.7 Å². The fourth-order valence-electron chi connectivity index (χ4n) is 3.06. The van der Waals surface area contributed by atoms with Gasteiger partial charge in [-0.1, -0.05) is 0 Å². The van der Waals surface area contributed by atoms with E-state index in [4.69, 9.17) is 13.9 Å². The number of halogens is 2. The monoisotopic (exact) mass is 505 g/mol. The molecule has 1 aliphatic rings. The zero-order chi connectivity index (χ0) is 19.1. The molecule has 0 saturated carbocycles. The summed E-state index contributed by atoms with van der Waals surface area (Å²) >= 11 is 0. The molecule has 2 heterocycles. The van der Waals surface area contributed by atoms with Gasteiger partial charge in [0.2, 0.25) is 0 Å². The van der Waals surface area contributed by atoms with Gasteiger partial charge in [-0.25, -0.2) is 9.38 Å². The molecule has 0 spiro atoms. The van der Waals surface area contributed by atoms with E-state index in [1.54, 1.807) is 6.07 Å². The number of hydrogen-bond acceptors (Lipinski definition) is 4. The Kier molecular flexibility index (Phi) is 9.46. The van der Waals surface area contributed by atoms with Crippen LogP contribution in [0.25, 0.3) is 11.0 Å². The van der Waals surface area contributed by atoms with E-state index in [2.05, 4.69) is 15.6 Å². The molecule has 3 rings (SSSR count). The Balaban J connectivity index is 0.00000280. The normalized spacial score (nSPS) is 17.0. The summed E-state index contributed by atoms with van der Waals surface area (Å²) in [5.74, 6) is 1.22. The molecule has 1 fully saturated rings. The molecule has 0 bridgehead atoms. The highest BCUT2D eigenvalue weighted by Crippen LogP contribution is 2.26. The van der Waals surface area contributed by atoms with E-state index in [-0.39, 0.29) is 35.9 Å². The van der Waals surface area contributed by atoms with Crippen molar-refractivity contribution in [1.29, 1.82) is 0 Å². The summed E-state index contributed by atoms with van der Waals surface area (Å²) in [6.45, 7) is 8.10. The lowest BCUT2D eigenvalue weighted by molar-refractivity contribution is 0.0420. The van der Waals surface area contributed by atoms with Crippen molar-refractivity contribution in [2.75, 3.05) is 32.9 Å². The second kappa shape index (κ2) is 11.6. The largest absolute Gasteiger partial charge is 0.459 e. The Morgan fingerprint density at radius 1 is 1.36 bits per heavy atom. The SMILES string of the molecule is CCNC(=NCc1oc2ccc(F)cc2c1C)NCCCOC1CCOC1.I. The van der Waals surface area contributed by atoms with Crippen LogP contribution in [-0.4, -0.2) is 45.0 Å². The summed E-state index contributed by atoms with van der Waals surface area (Å²) in [6.07, 6.45) is 2.12. The van der Waals surface area contributed by atoms with Crippen molar-refractivity contribution in [3.8, 4) is 0 Å². The zero-order valence-electron chi connectivity index (χ0n) is 16.4. The summed E-state index contributed by atoms with van der Waals surface area (Å²) < 4.78 is 30.3. The maximum Gasteiger partial charge on any atom is 0.191 e. The molecule has 1 aliphatic heterocycles. The number of fused-ring (bicyclic) bond motifs is 1. The van der Waals surface area contributed by atoms with Crippen LogP contribution in [0.3, 0.4) is 0 Å². The van der Waals surface area contributed by atoms with Crippen LogP contribution in [0, 0.1) is 12.7 Å². The molecular weight excluding hydrogens is 476 g/mol. The number of ether oxygens (including phenoxy) is 2. The quantitative estimate of drug-likeness (QED) is 0.248. The van der Waals surface area contributed by atoms with Crippen LogP contribution in [0.4, 0.5) is 4.39 Å². The van der Waals surface area contributed by atoms with Gasteiger partial charge in [0.15, 0.2) is 5.96 Å². The lowest BCUT2D eigenvalue weighted by atomic mass is 10.1. The highest BCUT2D eigenvalue weighted by molar-refractivity contribution is 14.0. The Labute approximate surface area is 182 Å². The summed E-state index contributed by atoms with van der Waals surface area (Å²) in [6, 6.07) is 4.56. The Hall–Kier alpha value is -1.39. The molecule has 0 aliphatic carbocycles. The number of rotatable bonds is 8. The molecule has 1 aromatic carbocycles. The Morgan fingerprint density at radius 3 is 2.96 bits per heavy atom. The number of benzene rings is 1. The Morgan fingerprint density at radius 2 is 2.21 bits per heavy atom. The van der Waals surface area contributed by atoms with Crippen molar-refractivity contribution in [2.24, 2.45) is 4.99 Å². The molecule has 28 heavy (non-hydrogen) atoms. The standard InChI is InChI=1S/C20H28FN3O3.HI/c1-3-22-20(23-8-4-9-26-16-7-10-25-13-16)24-12-19-14(2)17-11-15(21)5-6-18(17)27-19;/h5-6,11,16H,3-4,7-10,12-13H2,1-2H3,(H2,22,23,24);1H. The fourth-order valence-corrected chi connectivity index (χ4v) is 3.06. The van der Waals surface area contributed by atoms with Crippen LogP contribution in [-0.2, 0) is 16.0 Å². The van der Waals surface area contributed by atoms with Gasteiger partial charge in [-0.2, -0.15) is 0 Å². The molecule has 1 saturated heterocycles. The van der Waals surface area contributed by atoms with Crippen molar-refractivity contribution in [1.82, 2.24) is 10.6 Å². The van der Waals surface area contributed by atoms with E-state index in [1.807, 2.05) is 13.8 Å². The minimum Gasteiger partial charge on any atom is -0.459 e. The maximum atomic E-state index is 13.4. The highest BCUT2D eigenvalue weighted by atomic mass is 127. The zero-order valence-corrected chi connectivity index (χ0v) is 18.8. The number of hydrogen-bond donors (Lipinski definition) is 2. The highest BCUT2D eigenvalue weighted by Gasteiger charge is 2.15. The smallest absolute Gasteiger partial charge is 0.191 e. The second-order valence-electron chi connectivity index (χ2n) is 6.62. The van der Waals surface area contributed by atoms with E-state index in [0.29, 0.717) is 25.3 Å². The first-order chi connectivity index (χ1) is 13.2. The minimum absolute atomic E-state index is 0. The Bertz CT molecular complexity index is 775. The van der Waals surface area contributed by atoms with Gasteiger partial charge in [-0.15, -0.1) is 24.0 Å². The lowest BCUT2D eigenvalue weighted by Crippen LogP contribution is -2.38. The van der Waals surface area contributed by atoms with Crippen LogP contribution in [0.15, 0.2) is 27.6 Å². The summed E-state index contributed by atoms with van der Waals surface area (Å²) in [5, 5.41) is 7.33. The molecule has 1 unspecified atom stereocenters. The summed E-state index contributed by atoms with van der Waals surface area (Å²) in [4.78, 5) is 4.58. The maximum absolute atomic E-state index is 13.4. The molecule has 0 radical (unpaired) electrons. The van der Waals surface area contributed by atoms with Gasteiger partial charge >= 0.3 is 0 Å². The first kappa shape index (κ1) is 22.9.